The first kappa shape index (κ1) is 6.73. The van der Waals surface area contributed by atoms with Crippen molar-refractivity contribution in [1.29, 1.82) is 0 Å². The van der Waals surface area contributed by atoms with E-state index in [4.69, 9.17) is 0 Å². The van der Waals surface area contributed by atoms with Crippen molar-refractivity contribution in [3.63, 3.8) is 0 Å². The van der Waals surface area contributed by atoms with Crippen LogP contribution in [0.1, 0.15) is 6.42 Å². The van der Waals surface area contributed by atoms with Crippen molar-refractivity contribution in [2.75, 3.05) is 0 Å². The lowest BCUT2D eigenvalue weighted by Gasteiger charge is -1.91. The average Bonchev–Trinajstić information content (AvgIpc) is 2.10. The summed E-state index contributed by atoms with van der Waals surface area (Å²) in [5.74, 6) is -4.11. The largest absolute Gasteiger partial charge is 0.368 e. The molecule has 1 aliphatic rings. The molecule has 0 aromatic heterocycles. The Kier molecular flexibility index (Phi) is 1.41. The summed E-state index contributed by atoms with van der Waals surface area (Å²) in [6, 6.07) is 0. The van der Waals surface area contributed by atoms with Crippen LogP contribution in [0.2, 0.25) is 0 Å². The summed E-state index contributed by atoms with van der Waals surface area (Å²) < 4.78 is 0. The summed E-state index contributed by atoms with van der Waals surface area (Å²) in [6.07, 6.45) is -0.291. The lowest BCUT2D eigenvalue weighted by molar-refractivity contribution is -0.150. The van der Waals surface area contributed by atoms with E-state index in [9.17, 15) is 19.5 Å². The van der Waals surface area contributed by atoms with Gasteiger partial charge in [-0.2, -0.15) is 0 Å². The van der Waals surface area contributed by atoms with Gasteiger partial charge < -0.3 is 0 Å². The van der Waals surface area contributed by atoms with E-state index in [0.29, 0.717) is 0 Å². The quantitative estimate of drug-likeness (QED) is 0.361. The maximum atomic E-state index is 10.5. The van der Waals surface area contributed by atoms with Gasteiger partial charge in [-0.25, -0.2) is 9.90 Å². The van der Waals surface area contributed by atoms with E-state index < -0.39 is 23.7 Å². The number of amides is 2. The Bertz CT molecular complexity index is 210. The first-order valence-corrected chi connectivity index (χ1v) is 2.66. The first-order chi connectivity index (χ1) is 4.61. The fourth-order valence-electron chi connectivity index (χ4n) is 0.744. The van der Waals surface area contributed by atoms with Crippen LogP contribution < -0.4 is 5.32 Å². The van der Waals surface area contributed by atoms with Gasteiger partial charge in [0.15, 0.2) is 0 Å². The van der Waals surface area contributed by atoms with Gasteiger partial charge >= 0.3 is 5.97 Å². The lowest BCUT2D eigenvalue weighted by atomic mass is 10.1. The van der Waals surface area contributed by atoms with E-state index in [1.165, 1.54) is 0 Å². The third-order valence-corrected chi connectivity index (χ3v) is 1.25. The highest BCUT2D eigenvalue weighted by molar-refractivity contribution is 6.11. The predicted octanol–water partition coefficient (Wildman–Crippen LogP) is -1.39. The third-order valence-electron chi connectivity index (χ3n) is 1.25. The minimum Gasteiger partial charge on any atom is -0.296 e. The minimum atomic E-state index is -1.50. The standard InChI is InChI=1S/C5H4NO4/c7-3-1-2(5(9)10)4(8)6-3/h2H,1H2,(H,6,7,8). The van der Waals surface area contributed by atoms with Crippen molar-refractivity contribution in [3.05, 3.63) is 0 Å². The Labute approximate surface area is 56.0 Å². The molecule has 0 aromatic carbocycles. The molecule has 0 saturated carbocycles. The number of hydrogen-bond acceptors (Lipinski definition) is 3. The van der Waals surface area contributed by atoms with Gasteiger partial charge in [-0.3, -0.25) is 14.9 Å². The van der Waals surface area contributed by atoms with Crippen molar-refractivity contribution in [2.45, 2.75) is 6.42 Å². The molecule has 1 aliphatic heterocycles. The Balaban J connectivity index is 2.72. The molecule has 53 valence electrons. The second kappa shape index (κ2) is 2.09. The maximum Gasteiger partial charge on any atom is 0.368 e. The Morgan fingerprint density at radius 3 is 2.30 bits per heavy atom. The monoisotopic (exact) mass is 142 g/mol. The smallest absolute Gasteiger partial charge is 0.296 e. The highest BCUT2D eigenvalue weighted by Gasteiger charge is 2.37. The van der Waals surface area contributed by atoms with Crippen LogP contribution in [-0.4, -0.2) is 17.8 Å². The third kappa shape index (κ3) is 0.975. The summed E-state index contributed by atoms with van der Waals surface area (Å²) in [5, 5.41) is 11.9. The highest BCUT2D eigenvalue weighted by Crippen LogP contribution is 2.09. The number of carbonyl (C=O) groups excluding carboxylic acids is 3. The second-order valence-corrected chi connectivity index (χ2v) is 1.99. The Morgan fingerprint density at radius 1 is 1.50 bits per heavy atom. The zero-order valence-corrected chi connectivity index (χ0v) is 4.92. The molecule has 1 radical (unpaired) electrons. The summed E-state index contributed by atoms with van der Waals surface area (Å²) in [6.45, 7) is 0. The number of nitrogens with one attached hydrogen (secondary N) is 1. The van der Waals surface area contributed by atoms with E-state index >= 15 is 0 Å². The van der Waals surface area contributed by atoms with Gasteiger partial charge in [0.2, 0.25) is 11.8 Å². The summed E-state index contributed by atoms with van der Waals surface area (Å²) in [4.78, 5) is 30.9. The van der Waals surface area contributed by atoms with Crippen LogP contribution in [0.4, 0.5) is 0 Å². The maximum absolute atomic E-state index is 10.5. The van der Waals surface area contributed by atoms with E-state index in [0.717, 1.165) is 0 Å². The molecular formula is C5H4NO4. The molecule has 1 saturated heterocycles. The van der Waals surface area contributed by atoms with Gasteiger partial charge in [0.05, 0.1) is 0 Å². The van der Waals surface area contributed by atoms with Gasteiger partial charge in [0, 0.05) is 6.42 Å². The molecule has 5 nitrogen and oxygen atoms in total. The predicted molar refractivity (Wildman–Crippen MR) is 27.0 cm³/mol. The van der Waals surface area contributed by atoms with Crippen LogP contribution in [0.5, 0.6) is 0 Å². The van der Waals surface area contributed by atoms with Gasteiger partial charge in [0.25, 0.3) is 0 Å². The van der Waals surface area contributed by atoms with Gasteiger partial charge in [0.1, 0.15) is 5.92 Å². The molecule has 1 N–H and O–H groups in total. The van der Waals surface area contributed by atoms with Crippen LogP contribution in [0.3, 0.4) is 0 Å². The van der Waals surface area contributed by atoms with Gasteiger partial charge in [-0.05, 0) is 0 Å². The second-order valence-electron chi connectivity index (χ2n) is 1.99. The molecule has 0 bridgehead atoms. The molecule has 1 heterocycles. The molecule has 1 unspecified atom stereocenters. The van der Waals surface area contributed by atoms with E-state index in [1.54, 1.807) is 0 Å². The molecule has 1 fully saturated rings. The number of imide groups is 1. The van der Waals surface area contributed by atoms with E-state index in [1.807, 2.05) is 5.32 Å². The molecule has 1 atom stereocenters. The van der Waals surface area contributed by atoms with Gasteiger partial charge in [-0.1, -0.05) is 0 Å². The zero-order chi connectivity index (χ0) is 7.72. The zero-order valence-electron chi connectivity index (χ0n) is 4.92. The number of rotatable bonds is 1. The van der Waals surface area contributed by atoms with Crippen molar-refractivity contribution in [2.24, 2.45) is 5.92 Å². The number of carbonyl (C=O) groups is 3. The minimum absolute atomic E-state index is 0.291. The molecule has 2 amide bonds. The van der Waals surface area contributed by atoms with Crippen molar-refractivity contribution in [1.82, 2.24) is 5.32 Å². The van der Waals surface area contributed by atoms with Crippen LogP contribution in [0.15, 0.2) is 0 Å². The summed E-state index contributed by atoms with van der Waals surface area (Å²) in [5.41, 5.74) is 0. The normalized spacial score (nSPS) is 24.6. The highest BCUT2D eigenvalue weighted by atomic mass is 16.4. The van der Waals surface area contributed by atoms with Crippen LogP contribution >= 0.6 is 0 Å². The van der Waals surface area contributed by atoms with Crippen LogP contribution in [-0.2, 0) is 19.5 Å². The SMILES string of the molecule is [O]C(=O)C1CC(=O)NC1=O. The average molecular weight is 142 g/mol. The molecule has 0 aliphatic carbocycles. The van der Waals surface area contributed by atoms with E-state index in [2.05, 4.69) is 0 Å². The Morgan fingerprint density at radius 2 is 2.10 bits per heavy atom. The van der Waals surface area contributed by atoms with Crippen LogP contribution in [0.25, 0.3) is 0 Å². The molecule has 5 heteroatoms. The Hall–Kier alpha value is -1.39. The summed E-state index contributed by atoms with van der Waals surface area (Å²) >= 11 is 0. The van der Waals surface area contributed by atoms with Crippen molar-refractivity contribution < 1.29 is 19.5 Å². The molecule has 10 heavy (non-hydrogen) atoms. The molecule has 0 aromatic rings. The van der Waals surface area contributed by atoms with Crippen molar-refractivity contribution >= 4 is 17.8 Å². The van der Waals surface area contributed by atoms with Crippen molar-refractivity contribution in [3.8, 4) is 0 Å². The topological polar surface area (TPSA) is 83.1 Å². The fourth-order valence-corrected chi connectivity index (χ4v) is 0.744. The fraction of sp³-hybridized carbons (Fsp3) is 0.400. The lowest BCUT2D eigenvalue weighted by Crippen LogP contribution is -2.25. The molecule has 1 rings (SSSR count). The van der Waals surface area contributed by atoms with Gasteiger partial charge in [-0.15, -0.1) is 0 Å². The first-order valence-electron chi connectivity index (χ1n) is 2.66. The molecule has 0 spiro atoms. The summed E-state index contributed by atoms with van der Waals surface area (Å²) in [7, 11) is 0. The van der Waals surface area contributed by atoms with Crippen LogP contribution in [0, 0.1) is 5.92 Å². The van der Waals surface area contributed by atoms with E-state index in [-0.39, 0.29) is 6.42 Å². The molecular weight excluding hydrogens is 138 g/mol. The number of hydrogen-bond donors (Lipinski definition) is 1.